The number of piperidine rings is 1. The number of fused-ring (bicyclic) bond motifs is 1. The molecule has 0 saturated carbocycles. The molecule has 0 spiro atoms. The van der Waals surface area contributed by atoms with Crippen molar-refractivity contribution in [2.45, 2.75) is 45.4 Å². The largest absolute Gasteiger partial charge is 0.342 e. The van der Waals surface area contributed by atoms with Gasteiger partial charge in [-0.15, -0.1) is 35.0 Å². The number of amides is 1. The van der Waals surface area contributed by atoms with Gasteiger partial charge in [-0.05, 0) is 37.8 Å². The van der Waals surface area contributed by atoms with E-state index in [1.54, 1.807) is 0 Å². The van der Waals surface area contributed by atoms with Crippen molar-refractivity contribution in [1.29, 1.82) is 0 Å². The van der Waals surface area contributed by atoms with Crippen LogP contribution in [0.4, 0.5) is 0 Å². The molecule has 1 aliphatic rings. The Balaban J connectivity index is 0.00000169. The molecule has 1 aliphatic heterocycles. The third-order valence-corrected chi connectivity index (χ3v) is 5.69. The molecule has 3 heterocycles. The Kier molecular flexibility index (Phi) is 8.31. The standard InChI is InChI=1S/C18H27N5O.2ClH/c1-3-18(4-2,13-19)17(24)22-11-8-14(9-12-22)16-21-20-15-7-5-6-10-23(15)16;;/h5-7,10,14H,3-4,8-9,11-13,19H2,1-2H3;2*1H. The van der Waals surface area contributed by atoms with Gasteiger partial charge >= 0.3 is 0 Å². The molecule has 0 unspecified atom stereocenters. The fourth-order valence-corrected chi connectivity index (χ4v) is 3.74. The lowest BCUT2D eigenvalue weighted by atomic mass is 9.80. The lowest BCUT2D eigenvalue weighted by molar-refractivity contribution is -0.143. The number of nitrogens with zero attached hydrogens (tertiary/aromatic N) is 4. The maximum Gasteiger partial charge on any atom is 0.230 e. The third kappa shape index (κ3) is 3.97. The molecule has 0 atom stereocenters. The van der Waals surface area contributed by atoms with Crippen LogP contribution in [0.1, 0.15) is 51.3 Å². The van der Waals surface area contributed by atoms with Crippen LogP contribution in [0.15, 0.2) is 24.4 Å². The van der Waals surface area contributed by atoms with Crippen molar-refractivity contribution in [3.8, 4) is 0 Å². The minimum Gasteiger partial charge on any atom is -0.342 e. The average molecular weight is 402 g/mol. The zero-order valence-corrected chi connectivity index (χ0v) is 17.1. The van der Waals surface area contributed by atoms with Gasteiger partial charge < -0.3 is 10.6 Å². The molecule has 146 valence electrons. The molecule has 1 amide bonds. The highest BCUT2D eigenvalue weighted by Crippen LogP contribution is 2.32. The van der Waals surface area contributed by atoms with E-state index in [0.29, 0.717) is 12.5 Å². The number of likely N-dealkylation sites (tertiary alicyclic amines) is 1. The van der Waals surface area contributed by atoms with E-state index in [1.165, 1.54) is 0 Å². The predicted octanol–water partition coefficient (Wildman–Crippen LogP) is 3.04. The van der Waals surface area contributed by atoms with E-state index in [-0.39, 0.29) is 30.7 Å². The summed E-state index contributed by atoms with van der Waals surface area (Å²) in [5.41, 5.74) is 6.42. The second-order valence-corrected chi connectivity index (χ2v) is 6.75. The van der Waals surface area contributed by atoms with E-state index in [4.69, 9.17) is 5.73 Å². The number of hydrogen-bond acceptors (Lipinski definition) is 4. The number of hydrogen-bond donors (Lipinski definition) is 1. The SMILES string of the molecule is CCC(CC)(CN)C(=O)N1CCC(c2nnc3ccccn23)CC1.Cl.Cl. The first-order chi connectivity index (χ1) is 11.6. The van der Waals surface area contributed by atoms with Crippen molar-refractivity contribution in [3.63, 3.8) is 0 Å². The van der Waals surface area contributed by atoms with Crippen LogP contribution in [-0.4, -0.2) is 45.0 Å². The molecule has 0 aromatic carbocycles. The third-order valence-electron chi connectivity index (χ3n) is 5.69. The maximum atomic E-state index is 12.9. The van der Waals surface area contributed by atoms with E-state index in [2.05, 4.69) is 28.4 Å². The minimum absolute atomic E-state index is 0. The van der Waals surface area contributed by atoms with Crippen LogP contribution in [0.25, 0.3) is 5.65 Å². The van der Waals surface area contributed by atoms with Crippen molar-refractivity contribution in [1.82, 2.24) is 19.5 Å². The number of rotatable bonds is 5. The summed E-state index contributed by atoms with van der Waals surface area (Å²) in [7, 11) is 0. The molecule has 6 nitrogen and oxygen atoms in total. The summed E-state index contributed by atoms with van der Waals surface area (Å²) >= 11 is 0. The summed E-state index contributed by atoms with van der Waals surface area (Å²) in [6.45, 7) is 6.08. The Bertz CT molecular complexity index is 700. The first-order valence-electron chi connectivity index (χ1n) is 8.94. The fraction of sp³-hybridized carbons (Fsp3) is 0.611. The minimum atomic E-state index is -0.394. The summed E-state index contributed by atoms with van der Waals surface area (Å²) < 4.78 is 2.06. The van der Waals surface area contributed by atoms with Crippen LogP contribution < -0.4 is 5.73 Å². The van der Waals surface area contributed by atoms with E-state index < -0.39 is 5.41 Å². The summed E-state index contributed by atoms with van der Waals surface area (Å²) in [6.07, 6.45) is 5.46. The Morgan fingerprint density at radius 2 is 1.85 bits per heavy atom. The highest BCUT2D eigenvalue weighted by molar-refractivity contribution is 5.85. The zero-order valence-electron chi connectivity index (χ0n) is 15.4. The van der Waals surface area contributed by atoms with Crippen molar-refractivity contribution < 1.29 is 4.79 Å². The van der Waals surface area contributed by atoms with Crippen LogP contribution in [0, 0.1) is 5.41 Å². The lowest BCUT2D eigenvalue weighted by Crippen LogP contribution is -2.50. The molecule has 8 heteroatoms. The second kappa shape index (κ2) is 9.53. The van der Waals surface area contributed by atoms with E-state index >= 15 is 0 Å². The van der Waals surface area contributed by atoms with E-state index in [9.17, 15) is 4.79 Å². The molecule has 2 aromatic rings. The molecular weight excluding hydrogens is 373 g/mol. The second-order valence-electron chi connectivity index (χ2n) is 6.75. The van der Waals surface area contributed by atoms with Gasteiger partial charge in [-0.25, -0.2) is 0 Å². The fourth-order valence-electron chi connectivity index (χ4n) is 3.74. The first kappa shape index (κ1) is 22.7. The predicted molar refractivity (Wildman–Crippen MR) is 108 cm³/mol. The highest BCUT2D eigenvalue weighted by Gasteiger charge is 2.38. The molecule has 2 N–H and O–H groups in total. The number of carbonyl (C=O) groups excluding carboxylic acids is 1. The van der Waals surface area contributed by atoms with Crippen LogP contribution in [0.5, 0.6) is 0 Å². The quantitative estimate of drug-likeness (QED) is 0.834. The topological polar surface area (TPSA) is 76.5 Å². The number of pyridine rings is 1. The van der Waals surface area contributed by atoms with Gasteiger partial charge in [0, 0.05) is 31.7 Å². The Hall–Kier alpha value is -1.37. The van der Waals surface area contributed by atoms with Gasteiger partial charge in [0.15, 0.2) is 5.65 Å². The van der Waals surface area contributed by atoms with Gasteiger partial charge in [-0.2, -0.15) is 0 Å². The molecule has 2 aromatic heterocycles. The van der Waals surface area contributed by atoms with Crippen molar-refractivity contribution >= 4 is 36.4 Å². The van der Waals surface area contributed by atoms with Crippen LogP contribution in [0.2, 0.25) is 0 Å². The molecule has 1 saturated heterocycles. The van der Waals surface area contributed by atoms with Gasteiger partial charge in [0.2, 0.25) is 5.91 Å². The Labute approximate surface area is 167 Å². The number of carbonyl (C=O) groups is 1. The number of halogens is 2. The monoisotopic (exact) mass is 401 g/mol. The molecule has 0 aliphatic carbocycles. The molecule has 0 bridgehead atoms. The molecule has 3 rings (SSSR count). The highest BCUT2D eigenvalue weighted by atomic mass is 35.5. The van der Waals surface area contributed by atoms with Crippen LogP contribution in [-0.2, 0) is 4.79 Å². The molecular formula is C18H29Cl2N5O. The summed E-state index contributed by atoms with van der Waals surface area (Å²) in [5.74, 6) is 1.58. The van der Waals surface area contributed by atoms with E-state index in [0.717, 1.165) is 50.2 Å². The van der Waals surface area contributed by atoms with Gasteiger partial charge in [0.1, 0.15) is 5.82 Å². The van der Waals surface area contributed by atoms with Crippen LogP contribution >= 0.6 is 24.8 Å². The number of nitrogens with two attached hydrogens (primary N) is 1. The summed E-state index contributed by atoms with van der Waals surface area (Å²) in [5, 5.41) is 8.62. The van der Waals surface area contributed by atoms with Crippen molar-refractivity contribution in [2.75, 3.05) is 19.6 Å². The smallest absolute Gasteiger partial charge is 0.230 e. The molecule has 0 radical (unpaired) electrons. The lowest BCUT2D eigenvalue weighted by Gasteiger charge is -2.38. The maximum absolute atomic E-state index is 12.9. The molecule has 1 fully saturated rings. The van der Waals surface area contributed by atoms with Crippen molar-refractivity contribution in [2.24, 2.45) is 11.1 Å². The van der Waals surface area contributed by atoms with Gasteiger partial charge in [0.05, 0.1) is 5.41 Å². The van der Waals surface area contributed by atoms with Gasteiger partial charge in [0.25, 0.3) is 0 Å². The normalized spacial score (nSPS) is 15.4. The Morgan fingerprint density at radius 1 is 1.19 bits per heavy atom. The average Bonchev–Trinajstić information content (AvgIpc) is 3.08. The molecule has 26 heavy (non-hydrogen) atoms. The van der Waals surface area contributed by atoms with E-state index in [1.807, 2.05) is 29.3 Å². The zero-order chi connectivity index (χ0) is 17.2. The van der Waals surface area contributed by atoms with Crippen molar-refractivity contribution in [3.05, 3.63) is 30.2 Å². The van der Waals surface area contributed by atoms with Gasteiger partial charge in [-0.1, -0.05) is 19.9 Å². The summed E-state index contributed by atoms with van der Waals surface area (Å²) in [4.78, 5) is 14.9. The number of aromatic nitrogens is 3. The first-order valence-corrected chi connectivity index (χ1v) is 8.94. The Morgan fingerprint density at radius 3 is 2.42 bits per heavy atom. The van der Waals surface area contributed by atoms with Gasteiger partial charge in [-0.3, -0.25) is 9.20 Å². The summed E-state index contributed by atoms with van der Waals surface area (Å²) in [6, 6.07) is 5.93. The van der Waals surface area contributed by atoms with Crippen LogP contribution in [0.3, 0.4) is 0 Å².